The summed E-state index contributed by atoms with van der Waals surface area (Å²) in [6, 6.07) is 16.0. The molecule has 0 radical (unpaired) electrons. The highest BCUT2D eigenvalue weighted by atomic mass is 79.9. The van der Waals surface area contributed by atoms with Gasteiger partial charge in [-0.05, 0) is 24.3 Å². The second kappa shape index (κ2) is 6.40. The Morgan fingerprint density at radius 2 is 1.38 bits per heavy atom. The van der Waals surface area contributed by atoms with Gasteiger partial charge in [0.1, 0.15) is 5.01 Å². The van der Waals surface area contributed by atoms with Crippen LogP contribution in [0.3, 0.4) is 0 Å². The molecule has 1 N–H and O–H groups in total. The van der Waals surface area contributed by atoms with Gasteiger partial charge in [-0.2, -0.15) is 0 Å². The van der Waals surface area contributed by atoms with Crippen molar-refractivity contribution in [1.82, 2.24) is 4.98 Å². The Kier molecular flexibility index (Phi) is 4.54. The second-order valence-corrected chi connectivity index (χ2v) is 7.38. The average Bonchev–Trinajstić information content (AvgIpc) is 2.93. The predicted molar refractivity (Wildman–Crippen MR) is 94.3 cm³/mol. The van der Waals surface area contributed by atoms with Crippen molar-refractivity contribution < 1.29 is 5.11 Å². The molecule has 0 aliphatic heterocycles. The van der Waals surface area contributed by atoms with E-state index in [9.17, 15) is 5.11 Å². The maximum absolute atomic E-state index is 9.59. The van der Waals surface area contributed by atoms with Gasteiger partial charge in [0.15, 0.2) is 0 Å². The largest absolute Gasteiger partial charge is 0.391 e. The molecule has 0 amide bonds. The monoisotopic (exact) mass is 423 g/mol. The molecular formula is C16H11Br2NOS. The second-order valence-electron chi connectivity index (χ2n) is 4.46. The first kappa shape index (κ1) is 14.9. The van der Waals surface area contributed by atoms with E-state index >= 15 is 0 Å². The van der Waals surface area contributed by atoms with E-state index < -0.39 is 0 Å². The molecule has 2 nitrogen and oxygen atoms in total. The lowest BCUT2D eigenvalue weighted by atomic mass is 10.1. The van der Waals surface area contributed by atoms with Crippen molar-refractivity contribution in [2.75, 3.05) is 0 Å². The van der Waals surface area contributed by atoms with Gasteiger partial charge in [-0.3, -0.25) is 0 Å². The third-order valence-corrected chi connectivity index (χ3v) is 5.20. The number of benzene rings is 2. The quantitative estimate of drug-likeness (QED) is 0.602. The van der Waals surface area contributed by atoms with Gasteiger partial charge < -0.3 is 5.11 Å². The van der Waals surface area contributed by atoms with Crippen molar-refractivity contribution in [1.29, 1.82) is 0 Å². The molecule has 3 aromatic rings. The molecule has 0 atom stereocenters. The van der Waals surface area contributed by atoms with Crippen LogP contribution in [0.25, 0.3) is 21.8 Å². The van der Waals surface area contributed by atoms with Crippen LogP contribution in [0, 0.1) is 0 Å². The van der Waals surface area contributed by atoms with Crippen molar-refractivity contribution in [2.24, 2.45) is 0 Å². The third kappa shape index (κ3) is 3.26. The zero-order chi connectivity index (χ0) is 14.8. The summed E-state index contributed by atoms with van der Waals surface area (Å²) in [4.78, 5) is 5.59. The Balaban J connectivity index is 2.05. The van der Waals surface area contributed by atoms with Gasteiger partial charge in [-0.25, -0.2) is 4.98 Å². The number of aromatic nitrogens is 1. The third-order valence-electron chi connectivity index (χ3n) is 3.05. The first-order valence-electron chi connectivity index (χ1n) is 6.30. The molecule has 0 fully saturated rings. The maximum Gasteiger partial charge on any atom is 0.124 e. The number of hydrogen-bond acceptors (Lipinski definition) is 3. The van der Waals surface area contributed by atoms with E-state index in [1.807, 2.05) is 48.5 Å². The number of aliphatic hydroxyl groups excluding tert-OH is 1. The Hall–Kier alpha value is -1.01. The van der Waals surface area contributed by atoms with Gasteiger partial charge >= 0.3 is 0 Å². The highest BCUT2D eigenvalue weighted by Crippen LogP contribution is 2.34. The Bertz CT molecular complexity index is 751. The lowest BCUT2D eigenvalue weighted by Crippen LogP contribution is -1.85. The Morgan fingerprint density at radius 3 is 1.90 bits per heavy atom. The summed E-state index contributed by atoms with van der Waals surface area (Å²) in [5.41, 5.74) is 2.93. The first-order valence-corrected chi connectivity index (χ1v) is 8.70. The summed E-state index contributed by atoms with van der Waals surface area (Å²) in [6.45, 7) is -0.000405. The van der Waals surface area contributed by atoms with Crippen LogP contribution in [0.2, 0.25) is 0 Å². The van der Waals surface area contributed by atoms with Gasteiger partial charge in [0.25, 0.3) is 0 Å². The molecule has 0 bridgehead atoms. The molecule has 0 spiro atoms. The van der Waals surface area contributed by atoms with E-state index in [1.54, 1.807) is 0 Å². The molecule has 1 aromatic heterocycles. The van der Waals surface area contributed by atoms with Crippen LogP contribution in [0.15, 0.2) is 57.5 Å². The summed E-state index contributed by atoms with van der Waals surface area (Å²) in [5.74, 6) is 0. The highest BCUT2D eigenvalue weighted by molar-refractivity contribution is 9.10. The van der Waals surface area contributed by atoms with Crippen molar-refractivity contribution in [3.05, 3.63) is 62.4 Å². The van der Waals surface area contributed by atoms with Crippen LogP contribution in [0.5, 0.6) is 0 Å². The lowest BCUT2D eigenvalue weighted by Gasteiger charge is -2.00. The van der Waals surface area contributed by atoms with Crippen LogP contribution in [0.1, 0.15) is 4.88 Å². The summed E-state index contributed by atoms with van der Waals surface area (Å²) in [6.07, 6.45) is 0. The molecule has 0 aliphatic carbocycles. The average molecular weight is 425 g/mol. The van der Waals surface area contributed by atoms with E-state index in [4.69, 9.17) is 4.98 Å². The molecule has 0 saturated heterocycles. The van der Waals surface area contributed by atoms with Crippen molar-refractivity contribution in [3.8, 4) is 21.8 Å². The molecule has 3 rings (SSSR count). The normalized spacial score (nSPS) is 10.8. The van der Waals surface area contributed by atoms with Gasteiger partial charge in [0.2, 0.25) is 0 Å². The summed E-state index contributed by atoms with van der Waals surface area (Å²) < 4.78 is 2.07. The van der Waals surface area contributed by atoms with E-state index in [0.29, 0.717) is 0 Å². The molecule has 0 aliphatic rings. The number of nitrogens with zero attached hydrogens (tertiary/aromatic N) is 1. The molecule has 106 valence electrons. The van der Waals surface area contributed by atoms with Gasteiger partial charge in [-0.1, -0.05) is 56.1 Å². The zero-order valence-corrected chi connectivity index (χ0v) is 14.9. The van der Waals surface area contributed by atoms with Gasteiger partial charge in [-0.15, -0.1) is 11.3 Å². The van der Waals surface area contributed by atoms with E-state index in [2.05, 4.69) is 31.9 Å². The molecule has 0 unspecified atom stereocenters. The summed E-state index contributed by atoms with van der Waals surface area (Å²) in [7, 11) is 0. The van der Waals surface area contributed by atoms with E-state index in [0.717, 1.165) is 35.7 Å². The van der Waals surface area contributed by atoms with Crippen molar-refractivity contribution in [3.63, 3.8) is 0 Å². The minimum absolute atomic E-state index is 0.000405. The van der Waals surface area contributed by atoms with Crippen LogP contribution >= 0.6 is 43.2 Å². The van der Waals surface area contributed by atoms with E-state index in [1.165, 1.54) is 11.3 Å². The smallest absolute Gasteiger partial charge is 0.124 e. The number of aliphatic hydroxyl groups is 1. The van der Waals surface area contributed by atoms with Crippen LogP contribution < -0.4 is 0 Å². The number of thiazole rings is 1. The first-order chi connectivity index (χ1) is 10.2. The van der Waals surface area contributed by atoms with Crippen LogP contribution in [-0.4, -0.2) is 10.1 Å². The minimum atomic E-state index is -0.000405. The fourth-order valence-electron chi connectivity index (χ4n) is 2.01. The fourth-order valence-corrected chi connectivity index (χ4v) is 3.49. The summed E-state index contributed by atoms with van der Waals surface area (Å²) >= 11 is 8.39. The number of hydrogen-bond donors (Lipinski definition) is 1. The topological polar surface area (TPSA) is 33.1 Å². The van der Waals surface area contributed by atoms with Gasteiger partial charge in [0.05, 0.1) is 17.2 Å². The number of halogens is 2. The molecule has 2 aromatic carbocycles. The molecular weight excluding hydrogens is 414 g/mol. The van der Waals surface area contributed by atoms with Gasteiger partial charge in [0, 0.05) is 20.1 Å². The van der Waals surface area contributed by atoms with Crippen LogP contribution in [0.4, 0.5) is 0 Å². The molecule has 1 heterocycles. The molecule has 5 heteroatoms. The van der Waals surface area contributed by atoms with Crippen molar-refractivity contribution in [2.45, 2.75) is 6.61 Å². The standard InChI is InChI=1S/C16H11Br2NOS/c17-12-5-1-10(2-6-12)15-14(9-20)21-16(19-15)11-3-7-13(18)8-4-11/h1-8,20H,9H2. The molecule has 0 saturated carbocycles. The van der Waals surface area contributed by atoms with Crippen molar-refractivity contribution >= 4 is 43.2 Å². The Morgan fingerprint density at radius 1 is 0.857 bits per heavy atom. The summed E-state index contributed by atoms with van der Waals surface area (Å²) in [5, 5.41) is 10.5. The lowest BCUT2D eigenvalue weighted by molar-refractivity contribution is 0.286. The highest BCUT2D eigenvalue weighted by Gasteiger charge is 2.13. The van der Waals surface area contributed by atoms with Crippen LogP contribution in [-0.2, 0) is 6.61 Å². The number of rotatable bonds is 3. The Labute approximate surface area is 143 Å². The minimum Gasteiger partial charge on any atom is -0.391 e. The fraction of sp³-hybridized carbons (Fsp3) is 0.0625. The molecule has 21 heavy (non-hydrogen) atoms. The zero-order valence-electron chi connectivity index (χ0n) is 10.9. The SMILES string of the molecule is OCc1sc(-c2ccc(Br)cc2)nc1-c1ccc(Br)cc1. The van der Waals surface area contributed by atoms with E-state index in [-0.39, 0.29) is 6.61 Å². The predicted octanol–water partition coefficient (Wildman–Crippen LogP) is 5.49. The maximum atomic E-state index is 9.59.